The van der Waals surface area contributed by atoms with E-state index in [2.05, 4.69) is 53.4 Å². The van der Waals surface area contributed by atoms with Gasteiger partial charge in [-0.25, -0.2) is 0 Å². The molecule has 2 aliphatic rings. The average Bonchev–Trinajstić information content (AvgIpc) is 3.18. The maximum Gasteiger partial charge on any atom is 0.193 e. The Bertz CT molecular complexity index is 769. The average molecular weight is 338 g/mol. The molecule has 0 unspecified atom stereocenters. The van der Waals surface area contributed by atoms with Gasteiger partial charge < -0.3 is 15.2 Å². The number of nitrogens with zero attached hydrogens (tertiary/aromatic N) is 2. The number of rotatable bonds is 4. The Kier molecular flexibility index (Phi) is 4.45. The number of aromatic nitrogens is 1. The van der Waals surface area contributed by atoms with Crippen LogP contribution < -0.4 is 5.32 Å². The van der Waals surface area contributed by atoms with Crippen LogP contribution in [0, 0.1) is 12.3 Å². The van der Waals surface area contributed by atoms with Crippen LogP contribution in [0.1, 0.15) is 43.7 Å². The van der Waals surface area contributed by atoms with E-state index < -0.39 is 0 Å². The van der Waals surface area contributed by atoms with Gasteiger partial charge in [-0.2, -0.15) is 0 Å². The molecule has 0 atom stereocenters. The monoisotopic (exact) mass is 338 g/mol. The van der Waals surface area contributed by atoms with E-state index in [9.17, 15) is 0 Å². The van der Waals surface area contributed by atoms with Crippen molar-refractivity contribution in [2.75, 3.05) is 26.2 Å². The van der Waals surface area contributed by atoms with Gasteiger partial charge >= 0.3 is 0 Å². The van der Waals surface area contributed by atoms with Crippen LogP contribution in [-0.2, 0) is 6.42 Å². The molecule has 1 aromatic heterocycles. The van der Waals surface area contributed by atoms with Crippen LogP contribution in [0.4, 0.5) is 0 Å². The van der Waals surface area contributed by atoms with Crippen molar-refractivity contribution in [1.82, 2.24) is 15.2 Å². The maximum absolute atomic E-state index is 4.94. The molecule has 1 spiro atoms. The Labute approximate surface area is 150 Å². The number of nitrogens with one attached hydrogen (secondary N) is 2. The molecule has 4 nitrogen and oxygen atoms in total. The fraction of sp³-hybridized carbons (Fsp3) is 0.571. The molecule has 4 rings (SSSR count). The summed E-state index contributed by atoms with van der Waals surface area (Å²) in [4.78, 5) is 10.8. The minimum atomic E-state index is 0.616. The van der Waals surface area contributed by atoms with Crippen LogP contribution in [0.15, 0.2) is 29.4 Å². The van der Waals surface area contributed by atoms with E-state index in [0.717, 1.165) is 32.0 Å². The second-order valence-corrected chi connectivity index (χ2v) is 7.87. The van der Waals surface area contributed by atoms with Crippen molar-refractivity contribution in [2.45, 2.75) is 46.0 Å². The molecule has 2 aromatic rings. The van der Waals surface area contributed by atoms with Crippen LogP contribution in [0.5, 0.6) is 0 Å². The van der Waals surface area contributed by atoms with Gasteiger partial charge in [0.15, 0.2) is 5.96 Å². The standard InChI is InChI=1S/C21H30N4/c1-3-22-20(25-12-10-21(15-25)8-4-9-21)23-11-7-17-14-24-19-13-16(2)5-6-18(17)19/h5-6,13-14,24H,3-4,7-12,15H2,1-2H3,(H,22,23). The third kappa shape index (κ3) is 3.26. The highest BCUT2D eigenvalue weighted by Gasteiger charge is 2.43. The number of aryl methyl sites for hydroxylation is 1. The molecule has 4 heteroatoms. The lowest BCUT2D eigenvalue weighted by atomic mass is 9.68. The maximum atomic E-state index is 4.94. The highest BCUT2D eigenvalue weighted by molar-refractivity contribution is 5.84. The molecule has 1 aliphatic heterocycles. The summed E-state index contributed by atoms with van der Waals surface area (Å²) in [6.07, 6.45) is 8.72. The van der Waals surface area contributed by atoms with E-state index in [0.29, 0.717) is 5.41 Å². The number of guanidine groups is 1. The molecule has 1 aromatic carbocycles. The summed E-state index contributed by atoms with van der Waals surface area (Å²) in [7, 11) is 0. The molecule has 25 heavy (non-hydrogen) atoms. The van der Waals surface area contributed by atoms with E-state index in [4.69, 9.17) is 4.99 Å². The van der Waals surface area contributed by atoms with E-state index in [1.165, 1.54) is 54.3 Å². The van der Waals surface area contributed by atoms with Crippen LogP contribution in [0.2, 0.25) is 0 Å². The van der Waals surface area contributed by atoms with Crippen molar-refractivity contribution >= 4 is 16.9 Å². The first-order chi connectivity index (χ1) is 12.2. The number of benzene rings is 1. The smallest absolute Gasteiger partial charge is 0.193 e. The van der Waals surface area contributed by atoms with Crippen molar-refractivity contribution in [3.8, 4) is 0 Å². The molecule has 1 saturated carbocycles. The summed E-state index contributed by atoms with van der Waals surface area (Å²) < 4.78 is 0. The van der Waals surface area contributed by atoms with E-state index in [1.54, 1.807) is 0 Å². The minimum absolute atomic E-state index is 0.616. The zero-order chi connectivity index (χ0) is 17.3. The first kappa shape index (κ1) is 16.5. The van der Waals surface area contributed by atoms with Crippen molar-refractivity contribution in [1.29, 1.82) is 0 Å². The Hall–Kier alpha value is -1.97. The number of fused-ring (bicyclic) bond motifs is 1. The lowest BCUT2D eigenvalue weighted by molar-refractivity contribution is 0.151. The molecule has 1 aliphatic carbocycles. The quantitative estimate of drug-likeness (QED) is 0.657. The third-order valence-corrected chi connectivity index (χ3v) is 6.05. The third-order valence-electron chi connectivity index (χ3n) is 6.05. The molecule has 2 N–H and O–H groups in total. The summed E-state index contributed by atoms with van der Waals surface area (Å²) in [5.41, 5.74) is 4.52. The van der Waals surface area contributed by atoms with Gasteiger partial charge in [-0.3, -0.25) is 4.99 Å². The van der Waals surface area contributed by atoms with Gasteiger partial charge in [0.2, 0.25) is 0 Å². The SMILES string of the molecule is CCNC(=NCCc1c[nH]c2cc(C)ccc12)N1CCC2(CCC2)C1. The van der Waals surface area contributed by atoms with Gasteiger partial charge in [0, 0.05) is 43.3 Å². The number of aliphatic imine (C=N–C) groups is 1. The molecule has 0 amide bonds. The summed E-state index contributed by atoms with van der Waals surface area (Å²) in [6.45, 7) is 8.44. The molecule has 1 saturated heterocycles. The molecule has 2 heterocycles. The molecule has 2 fully saturated rings. The van der Waals surface area contributed by atoms with Gasteiger partial charge in [-0.05, 0) is 62.1 Å². The van der Waals surface area contributed by atoms with Crippen molar-refractivity contribution in [3.05, 3.63) is 35.5 Å². The van der Waals surface area contributed by atoms with Crippen LogP contribution >= 0.6 is 0 Å². The number of hydrogen-bond donors (Lipinski definition) is 2. The molecular weight excluding hydrogens is 308 g/mol. The van der Waals surface area contributed by atoms with Crippen molar-refractivity contribution in [2.24, 2.45) is 10.4 Å². The molecular formula is C21H30N4. The van der Waals surface area contributed by atoms with E-state index in [-0.39, 0.29) is 0 Å². The highest BCUT2D eigenvalue weighted by atomic mass is 15.3. The highest BCUT2D eigenvalue weighted by Crippen LogP contribution is 2.47. The number of likely N-dealkylation sites (tertiary alicyclic amines) is 1. The number of H-pyrrole nitrogens is 1. The predicted octanol–water partition coefficient (Wildman–Crippen LogP) is 3.86. The summed E-state index contributed by atoms with van der Waals surface area (Å²) in [5.74, 6) is 1.11. The van der Waals surface area contributed by atoms with Crippen LogP contribution in [-0.4, -0.2) is 42.0 Å². The Morgan fingerprint density at radius 3 is 2.92 bits per heavy atom. The lowest BCUT2D eigenvalue weighted by Crippen LogP contribution is -2.42. The van der Waals surface area contributed by atoms with Gasteiger partial charge in [0.05, 0.1) is 0 Å². The van der Waals surface area contributed by atoms with Gasteiger partial charge in [-0.1, -0.05) is 18.6 Å². The first-order valence-electron chi connectivity index (χ1n) is 9.79. The minimum Gasteiger partial charge on any atom is -0.361 e. The van der Waals surface area contributed by atoms with Crippen molar-refractivity contribution in [3.63, 3.8) is 0 Å². The van der Waals surface area contributed by atoms with Gasteiger partial charge in [-0.15, -0.1) is 0 Å². The Morgan fingerprint density at radius 2 is 2.20 bits per heavy atom. The Morgan fingerprint density at radius 1 is 1.32 bits per heavy atom. The van der Waals surface area contributed by atoms with Crippen LogP contribution in [0.3, 0.4) is 0 Å². The predicted molar refractivity (Wildman–Crippen MR) is 105 cm³/mol. The summed E-state index contributed by atoms with van der Waals surface area (Å²) in [5, 5.41) is 4.84. The lowest BCUT2D eigenvalue weighted by Gasteiger charge is -2.38. The second kappa shape index (κ2) is 6.74. The molecule has 134 valence electrons. The summed E-state index contributed by atoms with van der Waals surface area (Å²) >= 11 is 0. The topological polar surface area (TPSA) is 43.4 Å². The summed E-state index contributed by atoms with van der Waals surface area (Å²) in [6, 6.07) is 6.63. The Balaban J connectivity index is 1.42. The molecule has 0 bridgehead atoms. The van der Waals surface area contributed by atoms with Gasteiger partial charge in [0.25, 0.3) is 0 Å². The van der Waals surface area contributed by atoms with Crippen molar-refractivity contribution < 1.29 is 0 Å². The zero-order valence-corrected chi connectivity index (χ0v) is 15.6. The van der Waals surface area contributed by atoms with E-state index in [1.807, 2.05) is 0 Å². The first-order valence-corrected chi connectivity index (χ1v) is 9.79. The van der Waals surface area contributed by atoms with E-state index >= 15 is 0 Å². The number of hydrogen-bond acceptors (Lipinski definition) is 1. The zero-order valence-electron chi connectivity index (χ0n) is 15.6. The second-order valence-electron chi connectivity index (χ2n) is 7.87. The largest absolute Gasteiger partial charge is 0.361 e. The fourth-order valence-corrected chi connectivity index (χ4v) is 4.42. The fourth-order valence-electron chi connectivity index (χ4n) is 4.42. The van der Waals surface area contributed by atoms with Crippen LogP contribution in [0.25, 0.3) is 10.9 Å². The van der Waals surface area contributed by atoms with Gasteiger partial charge in [0.1, 0.15) is 0 Å². The molecule has 0 radical (unpaired) electrons. The normalized spacial score (nSPS) is 19.6. The number of aromatic amines is 1.